The quantitative estimate of drug-likeness (QED) is 0.0768. The van der Waals surface area contributed by atoms with Gasteiger partial charge in [0.2, 0.25) is 0 Å². The summed E-state index contributed by atoms with van der Waals surface area (Å²) in [4.78, 5) is 8.27. The van der Waals surface area contributed by atoms with Gasteiger partial charge in [-0.15, -0.1) is 0 Å². The first kappa shape index (κ1) is 48.8. The van der Waals surface area contributed by atoms with Crippen molar-refractivity contribution < 1.29 is 61.5 Å². The number of nitrogens with zero attached hydrogens (tertiary/aromatic N) is 3. The maximum atomic E-state index is 12.2. The van der Waals surface area contributed by atoms with Crippen molar-refractivity contribution in [3.63, 3.8) is 0 Å². The van der Waals surface area contributed by atoms with Gasteiger partial charge in [-0.05, 0) is 169 Å². The summed E-state index contributed by atoms with van der Waals surface area (Å²) in [5.41, 5.74) is 12.1. The van der Waals surface area contributed by atoms with Crippen LogP contribution in [0.15, 0.2) is 221 Å². The fraction of sp³-hybridized carbons (Fsp3) is 0.0690. The first-order valence-corrected chi connectivity index (χ1v) is 24.5. The Bertz CT molecular complexity index is 3110. The molecule has 0 saturated heterocycles. The van der Waals surface area contributed by atoms with Crippen LogP contribution < -0.4 is 63.2 Å². The molecule has 1 aliphatic rings. The monoisotopic (exact) mass is 983 g/mol. The molecule has 0 aliphatic carbocycles. The molecule has 0 bridgehead atoms. The van der Waals surface area contributed by atoms with E-state index in [1.165, 1.54) is 12.1 Å². The van der Waals surface area contributed by atoms with Gasteiger partial charge in [0.05, 0.1) is 44.7 Å². The molecule has 1 aliphatic heterocycles. The largest absolute Gasteiger partial charge is 1.00 e. The topological polar surface area (TPSA) is 104 Å². The maximum Gasteiger partial charge on any atom is 1.00 e. The number of methoxy groups -OCH3 is 4. The molecule has 0 N–H and O–H groups in total. The van der Waals surface area contributed by atoms with Crippen LogP contribution in [-0.2, 0) is 10.1 Å². The molecular formula is C58H46N3NaO7S2. The number of anilines is 9. The van der Waals surface area contributed by atoms with Gasteiger partial charge in [-0.1, -0.05) is 60.3 Å². The minimum atomic E-state index is -4.70. The van der Waals surface area contributed by atoms with E-state index >= 15 is 0 Å². The summed E-state index contributed by atoms with van der Waals surface area (Å²) >= 11 is 1.68. The van der Waals surface area contributed by atoms with Crippen LogP contribution in [0.3, 0.4) is 0 Å². The number of benzene rings is 9. The van der Waals surface area contributed by atoms with Crippen molar-refractivity contribution in [1.82, 2.24) is 0 Å². The molecule has 0 fully saturated rings. The average molecular weight is 984 g/mol. The van der Waals surface area contributed by atoms with Crippen LogP contribution in [0.25, 0.3) is 22.3 Å². The van der Waals surface area contributed by atoms with Gasteiger partial charge in [-0.3, -0.25) is 0 Å². The van der Waals surface area contributed by atoms with Gasteiger partial charge in [0, 0.05) is 60.7 Å². The number of hydrogen-bond donors (Lipinski definition) is 0. The minimum absolute atomic E-state index is 0. The fourth-order valence-electron chi connectivity index (χ4n) is 8.79. The van der Waals surface area contributed by atoms with E-state index in [4.69, 9.17) is 18.9 Å². The molecule has 1 heterocycles. The van der Waals surface area contributed by atoms with E-state index in [1.807, 2.05) is 97.1 Å². The van der Waals surface area contributed by atoms with Gasteiger partial charge >= 0.3 is 29.6 Å². The van der Waals surface area contributed by atoms with Crippen molar-refractivity contribution in [2.75, 3.05) is 43.1 Å². The van der Waals surface area contributed by atoms with Crippen LogP contribution in [0.2, 0.25) is 0 Å². The normalized spacial score (nSPS) is 11.6. The fourth-order valence-corrected chi connectivity index (χ4v) is 10.4. The third-order valence-electron chi connectivity index (χ3n) is 12.2. The van der Waals surface area contributed by atoms with Gasteiger partial charge in [0.15, 0.2) is 0 Å². The van der Waals surface area contributed by atoms with Crippen molar-refractivity contribution in [2.45, 2.75) is 14.7 Å². The maximum absolute atomic E-state index is 12.2. The molecule has 0 spiro atoms. The predicted octanol–water partition coefficient (Wildman–Crippen LogP) is 11.8. The molecule has 9 aromatic rings. The predicted molar refractivity (Wildman–Crippen MR) is 280 cm³/mol. The number of rotatable bonds is 14. The third kappa shape index (κ3) is 9.96. The molecule has 0 saturated carbocycles. The number of ether oxygens (including phenoxy) is 4. The number of fused-ring (bicyclic) bond motifs is 2. The van der Waals surface area contributed by atoms with Crippen molar-refractivity contribution in [3.05, 3.63) is 206 Å². The van der Waals surface area contributed by atoms with E-state index in [0.717, 1.165) is 101 Å². The zero-order chi connectivity index (χ0) is 48.4. The number of hydrogen-bond acceptors (Lipinski definition) is 11. The first-order chi connectivity index (χ1) is 34.1. The van der Waals surface area contributed by atoms with Crippen molar-refractivity contribution >= 4 is 73.1 Å². The van der Waals surface area contributed by atoms with E-state index < -0.39 is 10.1 Å². The Morgan fingerprint density at radius 1 is 0.408 bits per heavy atom. The van der Waals surface area contributed by atoms with E-state index in [0.29, 0.717) is 5.69 Å². The molecule has 0 radical (unpaired) electrons. The number of para-hydroxylation sites is 2. The van der Waals surface area contributed by atoms with E-state index in [-0.39, 0.29) is 34.5 Å². The van der Waals surface area contributed by atoms with Gasteiger partial charge in [0.1, 0.15) is 33.1 Å². The summed E-state index contributed by atoms with van der Waals surface area (Å²) in [7, 11) is 1.93. The Morgan fingerprint density at radius 3 is 0.986 bits per heavy atom. The standard InChI is InChI=1S/C58H47N3O7S2.Na/c1-65-48-29-19-43(20-30-48)59(44-21-31-49(66-2)32-22-44)41-15-11-39(12-16-41)53-7-5-9-55-57(53)61(47-27-37-52(38-28-47)70(62,63)64)58-54(8-6-10-56(58)69-55)40-13-17-42(18-14-40)60(45-23-33-50(67-3)34-24-45)46-25-35-51(68-4)36-26-46;/h5-38H,1-4H3,(H,62,63,64);/q;+1/p-1. The Labute approximate surface area is 440 Å². The molecule has 0 unspecified atom stereocenters. The van der Waals surface area contributed by atoms with E-state index in [2.05, 4.69) is 99.6 Å². The van der Waals surface area contributed by atoms with Crippen LogP contribution in [0.4, 0.5) is 51.2 Å². The third-order valence-corrected chi connectivity index (χ3v) is 14.2. The molecule has 0 aromatic heterocycles. The second-order valence-corrected chi connectivity index (χ2v) is 18.7. The molecule has 13 heteroatoms. The molecule has 0 atom stereocenters. The molecule has 0 amide bonds. The minimum Gasteiger partial charge on any atom is -0.744 e. The van der Waals surface area contributed by atoms with Crippen LogP contribution in [-0.4, -0.2) is 41.4 Å². The Kier molecular flexibility index (Phi) is 14.5. The Morgan fingerprint density at radius 2 is 0.704 bits per heavy atom. The zero-order valence-corrected chi connectivity index (χ0v) is 43.3. The zero-order valence-electron chi connectivity index (χ0n) is 39.6. The molecule has 10 rings (SSSR count). The van der Waals surface area contributed by atoms with Gasteiger partial charge < -0.3 is 38.2 Å². The van der Waals surface area contributed by atoms with Gasteiger partial charge in [0.25, 0.3) is 0 Å². The molecular weight excluding hydrogens is 938 g/mol. The molecule has 9 aromatic carbocycles. The smallest absolute Gasteiger partial charge is 0.744 e. The molecule has 10 nitrogen and oxygen atoms in total. The van der Waals surface area contributed by atoms with Crippen LogP contribution in [0.1, 0.15) is 0 Å². The summed E-state index contributed by atoms with van der Waals surface area (Å²) in [6.07, 6.45) is 0. The van der Waals surface area contributed by atoms with Crippen LogP contribution in [0, 0.1) is 0 Å². The molecule has 71 heavy (non-hydrogen) atoms. The second kappa shape index (κ2) is 21.1. The Balaban J connectivity index is 0.00000624. The first-order valence-electron chi connectivity index (χ1n) is 22.3. The summed E-state index contributed by atoms with van der Waals surface area (Å²) in [5.74, 6) is 3.05. The van der Waals surface area contributed by atoms with E-state index in [9.17, 15) is 13.0 Å². The average Bonchev–Trinajstić information content (AvgIpc) is 3.41. The van der Waals surface area contributed by atoms with Gasteiger partial charge in [-0.25, -0.2) is 8.42 Å². The van der Waals surface area contributed by atoms with Gasteiger partial charge in [-0.2, -0.15) is 0 Å². The summed E-state index contributed by atoms with van der Waals surface area (Å²) in [6.45, 7) is 0. The van der Waals surface area contributed by atoms with E-state index in [1.54, 1.807) is 52.3 Å². The van der Waals surface area contributed by atoms with Crippen molar-refractivity contribution in [2.24, 2.45) is 0 Å². The summed E-state index contributed by atoms with van der Waals surface area (Å²) in [6, 6.07) is 67.5. The second-order valence-electron chi connectivity index (χ2n) is 16.2. The summed E-state index contributed by atoms with van der Waals surface area (Å²) < 4.78 is 58.6. The van der Waals surface area contributed by atoms with Crippen molar-refractivity contribution in [1.29, 1.82) is 0 Å². The van der Waals surface area contributed by atoms with Crippen molar-refractivity contribution in [3.8, 4) is 45.3 Å². The molecule has 348 valence electrons. The van der Waals surface area contributed by atoms with Crippen LogP contribution >= 0.6 is 11.8 Å². The SMILES string of the molecule is COc1ccc(N(c2ccc(OC)cc2)c2ccc(-c3cccc4c3N(c3ccc(S(=O)(=O)[O-])cc3)c3c(cccc3-c3ccc(N(c5ccc(OC)cc5)c5ccc(OC)cc5)cc3)S4)cc2)cc1.[Na+]. The van der Waals surface area contributed by atoms with Crippen LogP contribution in [0.5, 0.6) is 23.0 Å². The Hall–Kier alpha value is -7.16. The summed E-state index contributed by atoms with van der Waals surface area (Å²) in [5, 5.41) is 0.